The van der Waals surface area contributed by atoms with E-state index < -0.39 is 5.97 Å². The minimum Gasteiger partial charge on any atom is -0.478 e. The largest absolute Gasteiger partial charge is 0.478 e. The first-order chi connectivity index (χ1) is 6.07. The Hall–Kier alpha value is -1.03. The van der Waals surface area contributed by atoms with Crippen molar-refractivity contribution in [2.75, 3.05) is 5.73 Å². The van der Waals surface area contributed by atoms with Crippen LogP contribution in [0.3, 0.4) is 0 Å². The normalized spacial score (nSPS) is 10.0. The molecule has 3 N–H and O–H groups in total. The van der Waals surface area contributed by atoms with Crippen LogP contribution in [0.15, 0.2) is 16.6 Å². The predicted molar refractivity (Wildman–Crippen MR) is 54.9 cm³/mol. The van der Waals surface area contributed by atoms with Gasteiger partial charge in [0.2, 0.25) is 0 Å². The third-order valence-electron chi connectivity index (χ3n) is 1.85. The maximum atomic E-state index is 10.8. The van der Waals surface area contributed by atoms with Gasteiger partial charge in [0.1, 0.15) is 0 Å². The molecule has 0 saturated carbocycles. The second-order valence-corrected chi connectivity index (χ2v) is 3.45. The van der Waals surface area contributed by atoms with Crippen molar-refractivity contribution in [3.8, 4) is 0 Å². The molecule has 70 valence electrons. The summed E-state index contributed by atoms with van der Waals surface area (Å²) >= 11 is 3.23. The summed E-state index contributed by atoms with van der Waals surface area (Å²) in [4.78, 5) is 10.8. The molecular formula is C9H10BrNO2. The van der Waals surface area contributed by atoms with Gasteiger partial charge in [-0.1, -0.05) is 13.0 Å². The summed E-state index contributed by atoms with van der Waals surface area (Å²) in [6.45, 7) is 1.96. The van der Waals surface area contributed by atoms with Crippen LogP contribution in [0.1, 0.15) is 22.8 Å². The highest BCUT2D eigenvalue weighted by Gasteiger charge is 2.14. The predicted octanol–water partition coefficient (Wildman–Crippen LogP) is 2.29. The minimum atomic E-state index is -1.00. The highest BCUT2D eigenvalue weighted by molar-refractivity contribution is 9.10. The topological polar surface area (TPSA) is 63.3 Å². The van der Waals surface area contributed by atoms with E-state index in [1.807, 2.05) is 13.0 Å². The number of hydrogen-bond acceptors (Lipinski definition) is 2. The van der Waals surface area contributed by atoms with E-state index in [0.717, 1.165) is 12.0 Å². The highest BCUT2D eigenvalue weighted by atomic mass is 79.9. The molecule has 0 bridgehead atoms. The monoisotopic (exact) mass is 243 g/mol. The summed E-state index contributed by atoms with van der Waals surface area (Å²) < 4.78 is 0.586. The number of aryl methyl sites for hydroxylation is 1. The molecule has 4 heteroatoms. The van der Waals surface area contributed by atoms with Crippen LogP contribution >= 0.6 is 15.9 Å². The standard InChI is InChI=1S/C9H10BrNO2/c1-2-5-3-4-6(11)7(8(5)10)9(12)13/h3-4H,2,11H2,1H3,(H,12,13). The van der Waals surface area contributed by atoms with Crippen LogP contribution in [0.5, 0.6) is 0 Å². The molecule has 0 atom stereocenters. The third-order valence-corrected chi connectivity index (χ3v) is 2.75. The lowest BCUT2D eigenvalue weighted by Gasteiger charge is -2.07. The summed E-state index contributed by atoms with van der Waals surface area (Å²) in [5, 5.41) is 8.86. The lowest BCUT2D eigenvalue weighted by atomic mass is 10.1. The first kappa shape index (κ1) is 10.1. The van der Waals surface area contributed by atoms with Crippen molar-refractivity contribution >= 4 is 27.6 Å². The van der Waals surface area contributed by atoms with E-state index >= 15 is 0 Å². The van der Waals surface area contributed by atoms with E-state index in [-0.39, 0.29) is 11.3 Å². The maximum Gasteiger partial charge on any atom is 0.338 e. The quantitative estimate of drug-likeness (QED) is 0.784. The molecule has 1 rings (SSSR count). The first-order valence-electron chi connectivity index (χ1n) is 3.88. The Morgan fingerprint density at radius 1 is 1.62 bits per heavy atom. The summed E-state index contributed by atoms with van der Waals surface area (Å²) in [5.74, 6) is -1.00. The first-order valence-corrected chi connectivity index (χ1v) is 4.67. The van der Waals surface area contributed by atoms with E-state index in [1.165, 1.54) is 0 Å². The molecule has 0 radical (unpaired) electrons. The number of benzene rings is 1. The van der Waals surface area contributed by atoms with Crippen molar-refractivity contribution in [1.82, 2.24) is 0 Å². The van der Waals surface area contributed by atoms with E-state index in [2.05, 4.69) is 15.9 Å². The number of hydrogen-bond donors (Lipinski definition) is 2. The van der Waals surface area contributed by atoms with Gasteiger partial charge in [-0.2, -0.15) is 0 Å². The molecule has 0 unspecified atom stereocenters. The van der Waals surface area contributed by atoms with Crippen LogP contribution in [0.4, 0.5) is 5.69 Å². The van der Waals surface area contributed by atoms with Gasteiger partial charge in [-0.3, -0.25) is 0 Å². The molecule has 0 aliphatic heterocycles. The molecule has 0 amide bonds. The van der Waals surface area contributed by atoms with Gasteiger partial charge in [-0.25, -0.2) is 4.79 Å². The third kappa shape index (κ3) is 1.83. The van der Waals surface area contributed by atoms with Crippen molar-refractivity contribution < 1.29 is 9.90 Å². The van der Waals surface area contributed by atoms with Crippen LogP contribution < -0.4 is 5.73 Å². The molecule has 1 aromatic carbocycles. The molecule has 3 nitrogen and oxygen atoms in total. The van der Waals surface area contributed by atoms with E-state index in [0.29, 0.717) is 4.47 Å². The van der Waals surface area contributed by atoms with Crippen LogP contribution in [-0.4, -0.2) is 11.1 Å². The summed E-state index contributed by atoms with van der Waals surface area (Å²) in [5.41, 5.74) is 6.93. The number of nitrogens with two attached hydrogens (primary N) is 1. The van der Waals surface area contributed by atoms with Crippen molar-refractivity contribution in [2.24, 2.45) is 0 Å². The van der Waals surface area contributed by atoms with Crippen LogP contribution in [0.2, 0.25) is 0 Å². The average Bonchev–Trinajstić information content (AvgIpc) is 2.04. The zero-order valence-electron chi connectivity index (χ0n) is 7.17. The van der Waals surface area contributed by atoms with E-state index in [1.54, 1.807) is 6.07 Å². The Labute approximate surface area is 84.7 Å². The summed E-state index contributed by atoms with van der Waals surface area (Å²) in [7, 11) is 0. The zero-order valence-corrected chi connectivity index (χ0v) is 8.76. The zero-order chi connectivity index (χ0) is 10.0. The molecule has 0 heterocycles. The number of carbonyl (C=O) groups is 1. The summed E-state index contributed by atoms with van der Waals surface area (Å²) in [6.07, 6.45) is 0.779. The van der Waals surface area contributed by atoms with Gasteiger partial charge in [-0.15, -0.1) is 0 Å². The van der Waals surface area contributed by atoms with Gasteiger partial charge in [0.15, 0.2) is 0 Å². The van der Waals surface area contributed by atoms with Crippen LogP contribution in [0, 0.1) is 0 Å². The molecule has 0 spiro atoms. The average molecular weight is 244 g/mol. The second kappa shape index (κ2) is 3.79. The lowest BCUT2D eigenvalue weighted by molar-refractivity contribution is 0.0697. The number of halogens is 1. The Balaban J connectivity index is 3.38. The fourth-order valence-electron chi connectivity index (χ4n) is 1.12. The maximum absolute atomic E-state index is 10.8. The van der Waals surface area contributed by atoms with Gasteiger partial charge < -0.3 is 10.8 Å². The molecule has 0 fully saturated rings. The van der Waals surface area contributed by atoms with E-state index in [9.17, 15) is 4.79 Å². The number of anilines is 1. The fraction of sp³-hybridized carbons (Fsp3) is 0.222. The van der Waals surface area contributed by atoms with Gasteiger partial charge in [-0.05, 0) is 34.0 Å². The Kier molecular flexibility index (Phi) is 2.93. The lowest BCUT2D eigenvalue weighted by Crippen LogP contribution is -2.05. The number of rotatable bonds is 2. The second-order valence-electron chi connectivity index (χ2n) is 2.66. The molecule has 0 aromatic heterocycles. The van der Waals surface area contributed by atoms with E-state index in [4.69, 9.17) is 10.8 Å². The number of carboxylic acid groups (broad SMARTS) is 1. The van der Waals surface area contributed by atoms with Gasteiger partial charge in [0, 0.05) is 10.2 Å². The molecule has 0 saturated heterocycles. The van der Waals surface area contributed by atoms with Crippen molar-refractivity contribution in [3.63, 3.8) is 0 Å². The van der Waals surface area contributed by atoms with Gasteiger partial charge in [0.25, 0.3) is 0 Å². The molecule has 0 aliphatic rings. The van der Waals surface area contributed by atoms with Crippen LogP contribution in [0.25, 0.3) is 0 Å². The van der Waals surface area contributed by atoms with Crippen molar-refractivity contribution in [1.29, 1.82) is 0 Å². The highest BCUT2D eigenvalue weighted by Crippen LogP contribution is 2.27. The number of aromatic carboxylic acids is 1. The molecule has 0 aliphatic carbocycles. The SMILES string of the molecule is CCc1ccc(N)c(C(=O)O)c1Br. The van der Waals surface area contributed by atoms with Crippen molar-refractivity contribution in [3.05, 3.63) is 27.7 Å². The van der Waals surface area contributed by atoms with Crippen LogP contribution in [-0.2, 0) is 6.42 Å². The Morgan fingerprint density at radius 3 is 2.69 bits per heavy atom. The molecule has 13 heavy (non-hydrogen) atoms. The Morgan fingerprint density at radius 2 is 2.23 bits per heavy atom. The number of nitrogen functional groups attached to an aromatic ring is 1. The van der Waals surface area contributed by atoms with Gasteiger partial charge >= 0.3 is 5.97 Å². The smallest absolute Gasteiger partial charge is 0.338 e. The molecular weight excluding hydrogens is 234 g/mol. The number of carboxylic acids is 1. The minimum absolute atomic E-state index is 0.152. The summed E-state index contributed by atoms with van der Waals surface area (Å²) in [6, 6.07) is 3.44. The van der Waals surface area contributed by atoms with Gasteiger partial charge in [0.05, 0.1) is 5.56 Å². The van der Waals surface area contributed by atoms with Crippen molar-refractivity contribution in [2.45, 2.75) is 13.3 Å². The Bertz CT molecular complexity index is 350. The fourth-order valence-corrected chi connectivity index (χ4v) is 1.94. The molecule has 1 aromatic rings.